The molecule has 1 saturated carbocycles. The van der Waals surface area contributed by atoms with Gasteiger partial charge in [-0.2, -0.15) is 0 Å². The molecule has 1 saturated heterocycles. The summed E-state index contributed by atoms with van der Waals surface area (Å²) in [4.78, 5) is 26.3. The lowest BCUT2D eigenvalue weighted by atomic mass is 9.84. The molecule has 2 aromatic carbocycles. The van der Waals surface area contributed by atoms with Crippen molar-refractivity contribution >= 4 is 29.7 Å². The number of carbonyl (C=O) groups is 2. The Labute approximate surface area is 195 Å². The summed E-state index contributed by atoms with van der Waals surface area (Å²) >= 11 is 1.67. The fourth-order valence-corrected chi connectivity index (χ4v) is 5.80. The molecule has 4 rings (SSSR count). The lowest BCUT2D eigenvalue weighted by Crippen LogP contribution is -2.52. The van der Waals surface area contributed by atoms with Crippen LogP contribution in [-0.2, 0) is 16.0 Å². The number of hydrogen-bond acceptors (Lipinski definition) is 3. The third-order valence-electron chi connectivity index (χ3n) is 6.45. The lowest BCUT2D eigenvalue weighted by molar-refractivity contribution is -0.127. The highest BCUT2D eigenvalue weighted by Gasteiger charge is 2.39. The van der Waals surface area contributed by atoms with E-state index in [4.69, 9.17) is 0 Å². The van der Waals surface area contributed by atoms with E-state index in [2.05, 4.69) is 60.9 Å². The monoisotopic (exact) mass is 448 g/mol. The van der Waals surface area contributed by atoms with E-state index in [1.165, 1.54) is 11.1 Å². The van der Waals surface area contributed by atoms with Crippen molar-refractivity contribution in [3.8, 4) is 0 Å². The third-order valence-corrected chi connectivity index (χ3v) is 7.87. The average Bonchev–Trinajstić information content (AvgIpc) is 2.80. The maximum Gasteiger partial charge on any atom is 0.257 e. The van der Waals surface area contributed by atoms with E-state index < -0.39 is 0 Å². The van der Waals surface area contributed by atoms with Crippen LogP contribution in [-0.4, -0.2) is 29.1 Å². The topological polar surface area (TPSA) is 58.2 Å². The van der Waals surface area contributed by atoms with Crippen molar-refractivity contribution in [3.63, 3.8) is 0 Å². The van der Waals surface area contributed by atoms with Crippen LogP contribution in [0.15, 0.2) is 59.5 Å². The van der Waals surface area contributed by atoms with Crippen LogP contribution in [0.1, 0.15) is 49.3 Å². The van der Waals surface area contributed by atoms with E-state index in [0.29, 0.717) is 5.25 Å². The van der Waals surface area contributed by atoms with Crippen LogP contribution >= 0.6 is 11.8 Å². The standard InChI is InChI=1S/C27H32N2O2S/c1-18-8-11-21(12-9-18)16-25-27(31)29-23-17-22(14-15-24(23)32-25)26(30)28-19(2)10-13-20-6-4-3-5-7-20/h3-9,11-12,16,19,22-24H,10,13-15,17H2,1-2H3,(H,28,30)(H,29,31)/b25-16+. The second-order valence-corrected chi connectivity index (χ2v) is 10.4. The Kier molecular flexibility index (Phi) is 7.36. The molecule has 0 bridgehead atoms. The molecule has 2 aliphatic rings. The summed E-state index contributed by atoms with van der Waals surface area (Å²) in [5.41, 5.74) is 3.55. The van der Waals surface area contributed by atoms with Gasteiger partial charge in [0.25, 0.3) is 5.91 Å². The predicted octanol–water partition coefficient (Wildman–Crippen LogP) is 4.87. The minimum absolute atomic E-state index is 0.0193. The fourth-order valence-electron chi connectivity index (χ4n) is 4.50. The molecule has 2 fully saturated rings. The summed E-state index contributed by atoms with van der Waals surface area (Å²) in [5.74, 6) is 0.0809. The van der Waals surface area contributed by atoms with Crippen LogP contribution in [0.4, 0.5) is 0 Å². The predicted molar refractivity (Wildman–Crippen MR) is 132 cm³/mol. The van der Waals surface area contributed by atoms with Crippen molar-refractivity contribution in [2.45, 2.75) is 63.3 Å². The lowest BCUT2D eigenvalue weighted by Gasteiger charge is -2.39. The van der Waals surface area contributed by atoms with Gasteiger partial charge in [-0.05, 0) is 63.2 Å². The number of nitrogens with one attached hydrogen (secondary N) is 2. The Morgan fingerprint density at radius 1 is 1.16 bits per heavy atom. The number of fused-ring (bicyclic) bond motifs is 1. The van der Waals surface area contributed by atoms with Crippen LogP contribution in [0.5, 0.6) is 0 Å². The third kappa shape index (κ3) is 5.83. The zero-order valence-corrected chi connectivity index (χ0v) is 19.7. The second-order valence-electron chi connectivity index (χ2n) is 9.10. The van der Waals surface area contributed by atoms with Gasteiger partial charge < -0.3 is 10.6 Å². The quantitative estimate of drug-likeness (QED) is 0.620. The first-order valence-electron chi connectivity index (χ1n) is 11.6. The number of carbonyl (C=O) groups excluding carboxylic acids is 2. The number of thioether (sulfide) groups is 1. The zero-order chi connectivity index (χ0) is 22.5. The van der Waals surface area contributed by atoms with Gasteiger partial charge in [0, 0.05) is 23.3 Å². The molecule has 5 heteroatoms. The number of amides is 2. The van der Waals surface area contributed by atoms with Crippen molar-refractivity contribution in [3.05, 3.63) is 76.2 Å². The summed E-state index contributed by atoms with van der Waals surface area (Å²) in [6.45, 7) is 4.13. The highest BCUT2D eigenvalue weighted by atomic mass is 32.2. The van der Waals surface area contributed by atoms with Gasteiger partial charge in [0.15, 0.2) is 0 Å². The summed E-state index contributed by atoms with van der Waals surface area (Å²) < 4.78 is 0. The molecule has 1 aliphatic heterocycles. The molecule has 4 atom stereocenters. The minimum atomic E-state index is -0.0287. The van der Waals surface area contributed by atoms with Gasteiger partial charge in [0.1, 0.15) is 0 Å². The summed E-state index contributed by atoms with van der Waals surface area (Å²) in [6, 6.07) is 18.8. The number of benzene rings is 2. The molecule has 168 valence electrons. The summed E-state index contributed by atoms with van der Waals surface area (Å²) in [5, 5.41) is 6.72. The molecule has 0 spiro atoms. The highest BCUT2D eigenvalue weighted by Crippen LogP contribution is 2.40. The van der Waals surface area contributed by atoms with Gasteiger partial charge in [-0.1, -0.05) is 60.2 Å². The van der Waals surface area contributed by atoms with Crippen LogP contribution < -0.4 is 10.6 Å². The maximum atomic E-state index is 12.9. The number of aryl methyl sites for hydroxylation is 2. The molecule has 2 N–H and O–H groups in total. The summed E-state index contributed by atoms with van der Waals surface area (Å²) in [6.07, 6.45) is 6.40. The van der Waals surface area contributed by atoms with Crippen LogP contribution in [0.25, 0.3) is 6.08 Å². The van der Waals surface area contributed by atoms with Crippen molar-refractivity contribution in [1.82, 2.24) is 10.6 Å². The first-order valence-corrected chi connectivity index (χ1v) is 12.5. The van der Waals surface area contributed by atoms with E-state index in [1.54, 1.807) is 11.8 Å². The van der Waals surface area contributed by atoms with Gasteiger partial charge in [0.2, 0.25) is 5.91 Å². The Balaban J connectivity index is 1.29. The highest BCUT2D eigenvalue weighted by molar-refractivity contribution is 8.04. The Morgan fingerprint density at radius 2 is 1.91 bits per heavy atom. The first-order chi connectivity index (χ1) is 15.5. The molecule has 4 unspecified atom stereocenters. The van der Waals surface area contributed by atoms with Gasteiger partial charge in [0.05, 0.1) is 4.91 Å². The van der Waals surface area contributed by atoms with Crippen molar-refractivity contribution in [2.24, 2.45) is 5.92 Å². The van der Waals surface area contributed by atoms with E-state index in [0.717, 1.165) is 42.6 Å². The Bertz CT molecular complexity index is 971. The molecular weight excluding hydrogens is 416 g/mol. The van der Waals surface area contributed by atoms with E-state index in [9.17, 15) is 9.59 Å². The SMILES string of the molecule is Cc1ccc(/C=C2/SC3CCC(C(=O)NC(C)CCc4ccccc4)CC3NC2=O)cc1. The molecule has 2 aromatic rings. The molecule has 4 nitrogen and oxygen atoms in total. The Morgan fingerprint density at radius 3 is 2.66 bits per heavy atom. The smallest absolute Gasteiger partial charge is 0.257 e. The Hall–Kier alpha value is -2.53. The van der Waals surface area contributed by atoms with Gasteiger partial charge in [-0.3, -0.25) is 9.59 Å². The molecule has 1 heterocycles. The normalized spacial score (nSPS) is 25.0. The second kappa shape index (κ2) is 10.4. The fraction of sp³-hybridized carbons (Fsp3) is 0.407. The van der Waals surface area contributed by atoms with E-state index >= 15 is 0 Å². The van der Waals surface area contributed by atoms with Gasteiger partial charge in [-0.15, -0.1) is 11.8 Å². The van der Waals surface area contributed by atoms with Crippen LogP contribution in [0.3, 0.4) is 0 Å². The van der Waals surface area contributed by atoms with E-state index in [-0.39, 0.29) is 29.8 Å². The molecule has 0 aromatic heterocycles. The molecule has 0 radical (unpaired) electrons. The molecule has 1 aliphatic carbocycles. The minimum Gasteiger partial charge on any atom is -0.353 e. The van der Waals surface area contributed by atoms with Crippen molar-refractivity contribution in [2.75, 3.05) is 0 Å². The molecular formula is C27H32N2O2S. The van der Waals surface area contributed by atoms with Crippen molar-refractivity contribution < 1.29 is 9.59 Å². The maximum absolute atomic E-state index is 12.9. The van der Waals surface area contributed by atoms with Gasteiger partial charge in [-0.25, -0.2) is 0 Å². The van der Waals surface area contributed by atoms with Crippen LogP contribution in [0.2, 0.25) is 0 Å². The number of hydrogen-bond donors (Lipinski definition) is 2. The summed E-state index contributed by atoms with van der Waals surface area (Å²) in [7, 11) is 0. The molecule has 2 amide bonds. The van der Waals surface area contributed by atoms with Gasteiger partial charge >= 0.3 is 0 Å². The van der Waals surface area contributed by atoms with Crippen LogP contribution in [0, 0.1) is 12.8 Å². The van der Waals surface area contributed by atoms with Crippen molar-refractivity contribution in [1.29, 1.82) is 0 Å². The largest absolute Gasteiger partial charge is 0.353 e. The molecule has 32 heavy (non-hydrogen) atoms. The first kappa shape index (κ1) is 22.7. The van der Waals surface area contributed by atoms with E-state index in [1.807, 2.05) is 24.3 Å². The zero-order valence-electron chi connectivity index (χ0n) is 18.8. The number of rotatable bonds is 6. The average molecular weight is 449 g/mol.